The average Bonchev–Trinajstić information content (AvgIpc) is 2.81. The SMILES string of the molecule is Nc1noc(-c2ccccc2I)c1-c1cccc(Cl)c1. The number of anilines is 1. The molecule has 0 fully saturated rings. The van der Waals surface area contributed by atoms with Gasteiger partial charge in [-0.3, -0.25) is 0 Å². The van der Waals surface area contributed by atoms with Gasteiger partial charge in [-0.2, -0.15) is 0 Å². The van der Waals surface area contributed by atoms with Gasteiger partial charge in [0.25, 0.3) is 0 Å². The zero-order chi connectivity index (χ0) is 14.1. The molecule has 3 aromatic rings. The highest BCUT2D eigenvalue weighted by Gasteiger charge is 2.19. The van der Waals surface area contributed by atoms with Crippen molar-refractivity contribution in [1.29, 1.82) is 0 Å². The molecular formula is C15H10ClIN2O. The fourth-order valence-electron chi connectivity index (χ4n) is 2.05. The Kier molecular flexibility index (Phi) is 3.67. The standard InChI is InChI=1S/C15H10ClIN2O/c16-10-5-3-4-9(8-10)13-14(20-19-15(13)18)11-6-1-2-7-12(11)17/h1-8H,(H2,18,19). The lowest BCUT2D eigenvalue weighted by Crippen LogP contribution is -1.89. The van der Waals surface area contributed by atoms with Crippen molar-refractivity contribution < 1.29 is 4.52 Å². The Morgan fingerprint density at radius 3 is 2.65 bits per heavy atom. The summed E-state index contributed by atoms with van der Waals surface area (Å²) < 4.78 is 6.51. The Hall–Kier alpha value is -1.53. The van der Waals surface area contributed by atoms with Crippen LogP contribution in [0, 0.1) is 3.57 Å². The first kappa shape index (κ1) is 13.5. The number of rotatable bonds is 2. The molecule has 0 saturated heterocycles. The van der Waals surface area contributed by atoms with E-state index in [1.54, 1.807) is 0 Å². The Morgan fingerprint density at radius 1 is 1.10 bits per heavy atom. The molecule has 0 aliphatic rings. The summed E-state index contributed by atoms with van der Waals surface area (Å²) >= 11 is 8.31. The van der Waals surface area contributed by atoms with Crippen LogP contribution in [0.5, 0.6) is 0 Å². The molecule has 0 bridgehead atoms. The van der Waals surface area contributed by atoms with Crippen LogP contribution in [0.3, 0.4) is 0 Å². The van der Waals surface area contributed by atoms with Crippen LogP contribution in [-0.2, 0) is 0 Å². The van der Waals surface area contributed by atoms with Gasteiger partial charge in [0.05, 0.1) is 5.56 Å². The summed E-state index contributed by atoms with van der Waals surface area (Å²) in [5.41, 5.74) is 8.59. The van der Waals surface area contributed by atoms with Gasteiger partial charge < -0.3 is 10.3 Å². The smallest absolute Gasteiger partial charge is 0.177 e. The third kappa shape index (κ3) is 2.41. The van der Waals surface area contributed by atoms with E-state index in [0.717, 1.165) is 20.3 Å². The lowest BCUT2D eigenvalue weighted by atomic mass is 10.0. The quantitative estimate of drug-likeness (QED) is 0.630. The largest absolute Gasteiger partial charge is 0.380 e. The van der Waals surface area contributed by atoms with E-state index in [2.05, 4.69) is 27.7 Å². The first-order valence-corrected chi connectivity index (χ1v) is 7.38. The minimum absolute atomic E-state index is 0.363. The van der Waals surface area contributed by atoms with Crippen LogP contribution < -0.4 is 5.73 Å². The summed E-state index contributed by atoms with van der Waals surface area (Å²) in [6, 6.07) is 15.4. The van der Waals surface area contributed by atoms with E-state index >= 15 is 0 Å². The number of hydrogen-bond acceptors (Lipinski definition) is 3. The molecule has 1 aromatic heterocycles. The summed E-state index contributed by atoms with van der Waals surface area (Å²) in [5.74, 6) is 1.02. The van der Waals surface area contributed by atoms with Gasteiger partial charge in [0, 0.05) is 14.2 Å². The molecule has 0 atom stereocenters. The molecule has 0 unspecified atom stereocenters. The van der Waals surface area contributed by atoms with E-state index < -0.39 is 0 Å². The van der Waals surface area contributed by atoms with Gasteiger partial charge in [0.1, 0.15) is 0 Å². The van der Waals surface area contributed by atoms with Gasteiger partial charge in [0.2, 0.25) is 0 Å². The minimum Gasteiger partial charge on any atom is -0.380 e. The van der Waals surface area contributed by atoms with Crippen molar-refractivity contribution in [2.75, 3.05) is 5.73 Å². The van der Waals surface area contributed by atoms with E-state index in [9.17, 15) is 0 Å². The zero-order valence-corrected chi connectivity index (χ0v) is 13.2. The third-order valence-corrected chi connectivity index (χ3v) is 4.13. The number of aromatic nitrogens is 1. The van der Waals surface area contributed by atoms with E-state index in [-0.39, 0.29) is 0 Å². The summed E-state index contributed by atoms with van der Waals surface area (Å²) in [6.45, 7) is 0. The van der Waals surface area contributed by atoms with Crippen molar-refractivity contribution in [1.82, 2.24) is 5.16 Å². The van der Waals surface area contributed by atoms with Crippen LogP contribution in [0.4, 0.5) is 5.82 Å². The van der Waals surface area contributed by atoms with Gasteiger partial charge in [-0.25, -0.2) is 0 Å². The molecule has 0 spiro atoms. The Labute approximate surface area is 134 Å². The first-order valence-electron chi connectivity index (χ1n) is 5.93. The number of hydrogen-bond donors (Lipinski definition) is 1. The molecule has 2 aromatic carbocycles. The second-order valence-corrected chi connectivity index (χ2v) is 5.86. The first-order chi connectivity index (χ1) is 9.66. The molecule has 0 amide bonds. The van der Waals surface area contributed by atoms with Crippen LogP contribution in [-0.4, -0.2) is 5.16 Å². The van der Waals surface area contributed by atoms with Gasteiger partial charge in [-0.05, 0) is 46.4 Å². The molecule has 0 radical (unpaired) electrons. The molecule has 100 valence electrons. The van der Waals surface area contributed by atoms with Crippen molar-refractivity contribution in [2.24, 2.45) is 0 Å². The van der Waals surface area contributed by atoms with Crippen LogP contribution in [0.25, 0.3) is 22.5 Å². The fourth-order valence-corrected chi connectivity index (χ4v) is 2.88. The highest BCUT2D eigenvalue weighted by Crippen LogP contribution is 2.38. The number of nitrogens with two attached hydrogens (primary N) is 1. The number of benzene rings is 2. The molecule has 5 heteroatoms. The molecule has 2 N–H and O–H groups in total. The maximum atomic E-state index is 6.05. The summed E-state index contributed by atoms with van der Waals surface area (Å²) in [7, 11) is 0. The summed E-state index contributed by atoms with van der Waals surface area (Å²) in [6.07, 6.45) is 0. The average molecular weight is 397 g/mol. The second kappa shape index (κ2) is 5.46. The van der Waals surface area contributed by atoms with Crippen molar-refractivity contribution in [3.8, 4) is 22.5 Å². The van der Waals surface area contributed by atoms with Gasteiger partial charge in [0.15, 0.2) is 11.6 Å². The van der Waals surface area contributed by atoms with Crippen LogP contribution in [0.1, 0.15) is 0 Å². The Bertz CT molecular complexity index is 770. The van der Waals surface area contributed by atoms with Crippen molar-refractivity contribution in [2.45, 2.75) is 0 Å². The molecule has 1 heterocycles. The highest BCUT2D eigenvalue weighted by atomic mass is 127. The zero-order valence-electron chi connectivity index (χ0n) is 10.3. The molecular weight excluding hydrogens is 387 g/mol. The molecule has 0 aliphatic heterocycles. The summed E-state index contributed by atoms with van der Waals surface area (Å²) in [5, 5.41) is 4.55. The van der Waals surface area contributed by atoms with Gasteiger partial charge in [-0.15, -0.1) is 0 Å². The number of halogens is 2. The predicted molar refractivity (Wildman–Crippen MR) is 89.5 cm³/mol. The van der Waals surface area contributed by atoms with Gasteiger partial charge in [-0.1, -0.05) is 47.1 Å². The topological polar surface area (TPSA) is 52.0 Å². The molecule has 0 saturated carbocycles. The van der Waals surface area contributed by atoms with E-state index in [0.29, 0.717) is 16.6 Å². The molecule has 20 heavy (non-hydrogen) atoms. The minimum atomic E-state index is 0.363. The highest BCUT2D eigenvalue weighted by molar-refractivity contribution is 14.1. The summed E-state index contributed by atoms with van der Waals surface area (Å²) in [4.78, 5) is 0. The maximum Gasteiger partial charge on any atom is 0.177 e. The van der Waals surface area contributed by atoms with E-state index in [1.807, 2.05) is 48.5 Å². The molecule has 3 rings (SSSR count). The van der Waals surface area contributed by atoms with Crippen molar-refractivity contribution in [3.63, 3.8) is 0 Å². The normalized spacial score (nSPS) is 10.7. The van der Waals surface area contributed by atoms with Crippen LogP contribution in [0.2, 0.25) is 5.02 Å². The van der Waals surface area contributed by atoms with Crippen molar-refractivity contribution in [3.05, 3.63) is 57.1 Å². The van der Waals surface area contributed by atoms with Crippen LogP contribution >= 0.6 is 34.2 Å². The lowest BCUT2D eigenvalue weighted by molar-refractivity contribution is 0.436. The Balaban J connectivity index is 2.23. The molecule has 3 nitrogen and oxygen atoms in total. The lowest BCUT2D eigenvalue weighted by Gasteiger charge is -2.05. The van der Waals surface area contributed by atoms with Crippen LogP contribution in [0.15, 0.2) is 53.1 Å². The maximum absolute atomic E-state index is 6.05. The third-order valence-electron chi connectivity index (χ3n) is 2.95. The second-order valence-electron chi connectivity index (χ2n) is 4.26. The molecule has 0 aliphatic carbocycles. The van der Waals surface area contributed by atoms with E-state index in [1.165, 1.54) is 0 Å². The fraction of sp³-hybridized carbons (Fsp3) is 0. The monoisotopic (exact) mass is 396 g/mol. The number of nitrogen functional groups attached to an aromatic ring is 1. The van der Waals surface area contributed by atoms with E-state index in [4.69, 9.17) is 21.9 Å². The van der Waals surface area contributed by atoms with Crippen molar-refractivity contribution >= 4 is 40.0 Å². The Morgan fingerprint density at radius 2 is 1.90 bits per heavy atom. The number of nitrogens with zero attached hydrogens (tertiary/aromatic N) is 1. The predicted octanol–water partition coefficient (Wildman–Crippen LogP) is 4.85. The van der Waals surface area contributed by atoms with Gasteiger partial charge >= 0.3 is 0 Å².